The van der Waals surface area contributed by atoms with Gasteiger partial charge in [-0.05, 0) is 18.6 Å². The Hall–Kier alpha value is -5.78. The molecule has 0 aliphatic carbocycles. The number of rotatable bonds is 6. The first-order valence-corrected chi connectivity index (χ1v) is 12.7. The Balaban J connectivity index is 1.24. The number of anilines is 1. The molecule has 0 aliphatic heterocycles. The molecule has 0 saturated heterocycles. The average Bonchev–Trinajstić information content (AvgIpc) is 3.72. The monoisotopic (exact) mass is 544 g/mol. The van der Waals surface area contributed by atoms with Crippen molar-refractivity contribution in [2.45, 2.75) is 13.3 Å². The lowest BCUT2D eigenvalue weighted by Crippen LogP contribution is -2.14. The van der Waals surface area contributed by atoms with Gasteiger partial charge in [0, 0.05) is 18.0 Å². The average molecular weight is 545 g/mol. The van der Waals surface area contributed by atoms with E-state index in [1.54, 1.807) is 24.8 Å². The first-order chi connectivity index (χ1) is 20.0. The van der Waals surface area contributed by atoms with Crippen LogP contribution in [0.2, 0.25) is 0 Å². The molecule has 1 aromatic carbocycles. The van der Waals surface area contributed by atoms with Crippen LogP contribution in [0.25, 0.3) is 50.4 Å². The molecule has 0 radical (unpaired) electrons. The standard InChI is InChI=1S/C29H21FN10O/c1-16-14-40(15-34-16)22-13-32-11-21-27(22)37-29(36-21)28-24-20(38-39-28)12-33-26(25(24)30)18-8-19(10-31-9-18)35-23(41)7-17-5-3-2-4-6-17/h2-6,8-15H,7H2,1H3,(H,35,41)(H,36,37)(H,38,39). The summed E-state index contributed by atoms with van der Waals surface area (Å²) in [7, 11) is 0. The minimum absolute atomic E-state index is 0.0687. The fraction of sp³-hybridized carbons (Fsp3) is 0.0690. The molecular weight excluding hydrogens is 523 g/mol. The number of aromatic amines is 2. The summed E-state index contributed by atoms with van der Waals surface area (Å²) < 4.78 is 17.9. The van der Waals surface area contributed by atoms with Crippen LogP contribution in [0.15, 0.2) is 79.9 Å². The summed E-state index contributed by atoms with van der Waals surface area (Å²) in [5, 5.41) is 10.2. The molecule has 7 aromatic rings. The van der Waals surface area contributed by atoms with E-state index in [0.29, 0.717) is 39.3 Å². The quantitative estimate of drug-likeness (QED) is 0.274. The summed E-state index contributed by atoms with van der Waals surface area (Å²) in [6, 6.07) is 11.0. The van der Waals surface area contributed by atoms with Gasteiger partial charge in [-0.2, -0.15) is 5.10 Å². The lowest BCUT2D eigenvalue weighted by molar-refractivity contribution is -0.115. The second-order valence-corrected chi connectivity index (χ2v) is 9.52. The molecule has 6 heterocycles. The van der Waals surface area contributed by atoms with E-state index < -0.39 is 5.82 Å². The fourth-order valence-corrected chi connectivity index (χ4v) is 4.75. The molecule has 0 bridgehead atoms. The Morgan fingerprint density at radius 2 is 1.85 bits per heavy atom. The number of aryl methyl sites for hydroxylation is 1. The van der Waals surface area contributed by atoms with Crippen LogP contribution in [-0.4, -0.2) is 50.6 Å². The van der Waals surface area contributed by atoms with Gasteiger partial charge in [0.1, 0.15) is 16.9 Å². The highest BCUT2D eigenvalue weighted by molar-refractivity contribution is 5.96. The Morgan fingerprint density at radius 1 is 1.00 bits per heavy atom. The normalized spacial score (nSPS) is 11.4. The zero-order chi connectivity index (χ0) is 27.9. The van der Waals surface area contributed by atoms with Crippen molar-refractivity contribution in [2.75, 3.05) is 5.32 Å². The van der Waals surface area contributed by atoms with Crippen LogP contribution in [0.4, 0.5) is 10.1 Å². The van der Waals surface area contributed by atoms with Gasteiger partial charge in [0.25, 0.3) is 0 Å². The molecule has 200 valence electrons. The summed E-state index contributed by atoms with van der Waals surface area (Å²) >= 11 is 0. The number of H-pyrrole nitrogens is 2. The number of halogens is 1. The smallest absolute Gasteiger partial charge is 0.228 e. The van der Waals surface area contributed by atoms with Gasteiger partial charge < -0.3 is 14.9 Å². The lowest BCUT2D eigenvalue weighted by atomic mass is 10.1. The fourth-order valence-electron chi connectivity index (χ4n) is 4.75. The third-order valence-electron chi connectivity index (χ3n) is 6.64. The van der Waals surface area contributed by atoms with Gasteiger partial charge in [-0.1, -0.05) is 30.3 Å². The number of pyridine rings is 3. The van der Waals surface area contributed by atoms with Gasteiger partial charge >= 0.3 is 0 Å². The largest absolute Gasteiger partial charge is 0.335 e. The second-order valence-electron chi connectivity index (χ2n) is 9.52. The number of nitrogens with zero attached hydrogens (tertiary/aromatic N) is 7. The van der Waals surface area contributed by atoms with Crippen LogP contribution in [-0.2, 0) is 11.2 Å². The minimum Gasteiger partial charge on any atom is -0.335 e. The Bertz CT molecular complexity index is 2060. The third-order valence-corrected chi connectivity index (χ3v) is 6.64. The molecule has 12 heteroatoms. The van der Waals surface area contributed by atoms with Crippen molar-refractivity contribution in [1.29, 1.82) is 0 Å². The molecule has 0 saturated carbocycles. The summed E-state index contributed by atoms with van der Waals surface area (Å²) in [6.07, 6.45) is 11.6. The van der Waals surface area contributed by atoms with E-state index in [9.17, 15) is 4.79 Å². The number of carbonyl (C=O) groups is 1. The summed E-state index contributed by atoms with van der Waals surface area (Å²) in [4.78, 5) is 37.6. The minimum atomic E-state index is -0.593. The number of hydrogen-bond donors (Lipinski definition) is 3. The van der Waals surface area contributed by atoms with E-state index >= 15 is 4.39 Å². The van der Waals surface area contributed by atoms with Gasteiger partial charge in [0.15, 0.2) is 11.6 Å². The number of amides is 1. The number of aromatic nitrogens is 9. The van der Waals surface area contributed by atoms with Crippen molar-refractivity contribution in [1.82, 2.24) is 44.7 Å². The summed E-state index contributed by atoms with van der Waals surface area (Å²) in [5.41, 5.74) is 5.38. The maximum atomic E-state index is 16.1. The first-order valence-electron chi connectivity index (χ1n) is 12.7. The van der Waals surface area contributed by atoms with Gasteiger partial charge in [-0.15, -0.1) is 0 Å². The molecule has 0 atom stereocenters. The van der Waals surface area contributed by atoms with Crippen molar-refractivity contribution in [2.24, 2.45) is 0 Å². The van der Waals surface area contributed by atoms with Gasteiger partial charge in [0.2, 0.25) is 5.91 Å². The number of carbonyl (C=O) groups excluding carboxylic acids is 1. The molecule has 11 nitrogen and oxygen atoms in total. The molecule has 0 fully saturated rings. The van der Waals surface area contributed by atoms with E-state index in [1.165, 1.54) is 18.6 Å². The molecule has 41 heavy (non-hydrogen) atoms. The van der Waals surface area contributed by atoms with E-state index in [1.807, 2.05) is 48.0 Å². The first kappa shape index (κ1) is 24.3. The number of nitrogens with one attached hydrogen (secondary N) is 3. The van der Waals surface area contributed by atoms with Crippen molar-refractivity contribution >= 4 is 33.5 Å². The van der Waals surface area contributed by atoms with E-state index in [-0.39, 0.29) is 23.4 Å². The number of hydrogen-bond acceptors (Lipinski definition) is 7. The highest BCUT2D eigenvalue weighted by Crippen LogP contribution is 2.33. The van der Waals surface area contributed by atoms with Crippen LogP contribution in [0, 0.1) is 12.7 Å². The second kappa shape index (κ2) is 9.75. The molecule has 0 unspecified atom stereocenters. The predicted molar refractivity (Wildman–Crippen MR) is 151 cm³/mol. The number of fused-ring (bicyclic) bond motifs is 2. The van der Waals surface area contributed by atoms with Crippen molar-refractivity contribution in [3.8, 4) is 28.5 Å². The topological polar surface area (TPSA) is 143 Å². The zero-order valence-corrected chi connectivity index (χ0v) is 21.6. The van der Waals surface area contributed by atoms with E-state index in [0.717, 1.165) is 16.9 Å². The molecule has 0 spiro atoms. The summed E-state index contributed by atoms with van der Waals surface area (Å²) in [6.45, 7) is 1.90. The SMILES string of the molecule is Cc1cn(-c2cncc3[nH]c(-c4n[nH]c5cnc(-c6cncc(NC(=O)Cc7ccccc7)c6)c(F)c45)nc23)cn1. The Kier molecular flexibility index (Phi) is 5.78. The summed E-state index contributed by atoms with van der Waals surface area (Å²) in [5.74, 6) is -0.431. The van der Waals surface area contributed by atoms with E-state index in [4.69, 9.17) is 4.98 Å². The predicted octanol–water partition coefficient (Wildman–Crippen LogP) is 4.77. The molecule has 3 N–H and O–H groups in total. The van der Waals surface area contributed by atoms with Crippen LogP contribution < -0.4 is 5.32 Å². The van der Waals surface area contributed by atoms with Crippen LogP contribution in [0.5, 0.6) is 0 Å². The molecule has 7 rings (SSSR count). The van der Waals surface area contributed by atoms with Gasteiger partial charge in [0.05, 0.1) is 71.0 Å². The maximum absolute atomic E-state index is 16.1. The molecular formula is C29H21FN10O. The Labute approximate surface area is 231 Å². The number of benzene rings is 1. The highest BCUT2D eigenvalue weighted by atomic mass is 19.1. The highest BCUT2D eigenvalue weighted by Gasteiger charge is 2.21. The molecule has 1 amide bonds. The Morgan fingerprint density at radius 3 is 2.68 bits per heavy atom. The number of imidazole rings is 2. The van der Waals surface area contributed by atoms with E-state index in [2.05, 4.69) is 40.4 Å². The maximum Gasteiger partial charge on any atom is 0.228 e. The lowest BCUT2D eigenvalue weighted by Gasteiger charge is -2.08. The third kappa shape index (κ3) is 4.46. The van der Waals surface area contributed by atoms with Gasteiger partial charge in [-0.25, -0.2) is 14.4 Å². The molecule has 0 aliphatic rings. The van der Waals surface area contributed by atoms with Crippen LogP contribution in [0.1, 0.15) is 11.3 Å². The van der Waals surface area contributed by atoms with Crippen molar-refractivity contribution < 1.29 is 9.18 Å². The van der Waals surface area contributed by atoms with Crippen LogP contribution in [0.3, 0.4) is 0 Å². The van der Waals surface area contributed by atoms with Crippen molar-refractivity contribution in [3.63, 3.8) is 0 Å². The van der Waals surface area contributed by atoms with Crippen LogP contribution >= 0.6 is 0 Å². The van der Waals surface area contributed by atoms with Crippen molar-refractivity contribution in [3.05, 3.63) is 97.0 Å². The molecule has 6 aromatic heterocycles. The van der Waals surface area contributed by atoms with Gasteiger partial charge in [-0.3, -0.25) is 24.8 Å². The zero-order valence-electron chi connectivity index (χ0n) is 21.6.